The smallest absolute Gasteiger partial charge is 0.348 e. The van der Waals surface area contributed by atoms with Gasteiger partial charge >= 0.3 is 5.97 Å². The quantitative estimate of drug-likeness (QED) is 0.482. The fourth-order valence-electron chi connectivity index (χ4n) is 4.69. The van der Waals surface area contributed by atoms with Crippen LogP contribution in [0.3, 0.4) is 0 Å². The summed E-state index contributed by atoms with van der Waals surface area (Å²) in [6.45, 7) is 7.25. The summed E-state index contributed by atoms with van der Waals surface area (Å²) in [6.07, 6.45) is 12.6. The predicted molar refractivity (Wildman–Crippen MR) is 125 cm³/mol. The number of carboxylic acid groups (broad SMARTS) is 1. The number of nitrogens with zero attached hydrogens (tertiary/aromatic N) is 1. The van der Waals surface area contributed by atoms with Crippen LogP contribution in [-0.4, -0.2) is 23.5 Å². The zero-order valence-electron chi connectivity index (χ0n) is 18.8. The van der Waals surface area contributed by atoms with Gasteiger partial charge in [-0.15, -0.1) is 11.3 Å². The van der Waals surface area contributed by atoms with Crippen molar-refractivity contribution in [2.75, 3.05) is 11.4 Å². The molecule has 0 radical (unpaired) electrons. The number of anilines is 1. The minimum atomic E-state index is -0.920. The van der Waals surface area contributed by atoms with Crippen LogP contribution in [0, 0.1) is 17.8 Å². The van der Waals surface area contributed by atoms with E-state index in [0.717, 1.165) is 62.7 Å². The molecule has 1 fully saturated rings. The topological polar surface area (TPSA) is 57.6 Å². The molecule has 1 aromatic heterocycles. The molecule has 0 atom stereocenters. The van der Waals surface area contributed by atoms with Gasteiger partial charge in [0.2, 0.25) is 5.91 Å². The van der Waals surface area contributed by atoms with Crippen molar-refractivity contribution in [3.8, 4) is 0 Å². The summed E-state index contributed by atoms with van der Waals surface area (Å²) >= 11 is 1.34. The molecule has 2 aliphatic rings. The van der Waals surface area contributed by atoms with Crippen molar-refractivity contribution in [2.45, 2.75) is 85.0 Å². The van der Waals surface area contributed by atoms with Crippen LogP contribution < -0.4 is 4.90 Å². The second kappa shape index (κ2) is 10.6. The third kappa shape index (κ3) is 5.75. The highest BCUT2D eigenvalue weighted by atomic mass is 32.1. The number of carbonyl (C=O) groups is 2. The number of aromatic carboxylic acids is 1. The molecule has 2 aliphatic carbocycles. The second-order valence-electron chi connectivity index (χ2n) is 9.59. The highest BCUT2D eigenvalue weighted by Gasteiger charge is 2.32. The van der Waals surface area contributed by atoms with Crippen LogP contribution in [-0.2, 0) is 4.79 Å². The lowest BCUT2D eigenvalue weighted by molar-refractivity contribution is -0.123. The maximum atomic E-state index is 13.6. The van der Waals surface area contributed by atoms with Crippen LogP contribution in [0.15, 0.2) is 12.1 Å². The second-order valence-corrected chi connectivity index (χ2v) is 10.6. The first kappa shape index (κ1) is 23.1. The van der Waals surface area contributed by atoms with Gasteiger partial charge in [0.1, 0.15) is 4.88 Å². The molecule has 1 N–H and O–H groups in total. The fourth-order valence-corrected chi connectivity index (χ4v) is 5.76. The minimum Gasteiger partial charge on any atom is -0.477 e. The van der Waals surface area contributed by atoms with Gasteiger partial charge in [0.15, 0.2) is 0 Å². The van der Waals surface area contributed by atoms with E-state index in [9.17, 15) is 14.7 Å². The lowest BCUT2D eigenvalue weighted by Gasteiger charge is -2.31. The first-order valence-electron chi connectivity index (χ1n) is 11.7. The normalized spacial score (nSPS) is 22.1. The van der Waals surface area contributed by atoms with E-state index in [1.807, 2.05) is 11.0 Å². The molecule has 0 bridgehead atoms. The molecule has 0 spiro atoms. The molecule has 166 valence electrons. The standard InChI is InChI=1S/C25H37NO3S/c1-17(2)8-7-15-26(24(27)20-13-11-18(3)12-14-20)21-16-22(30-23(21)25(28)29)19-9-5-4-6-10-19/h9,16-18,20H,4-8,10-15H2,1-3H3,(H,28,29). The first-order chi connectivity index (χ1) is 14.4. The van der Waals surface area contributed by atoms with Crippen LogP contribution in [0.5, 0.6) is 0 Å². The van der Waals surface area contributed by atoms with Crippen LogP contribution in [0.1, 0.15) is 99.5 Å². The van der Waals surface area contributed by atoms with Gasteiger partial charge in [0, 0.05) is 17.3 Å². The van der Waals surface area contributed by atoms with E-state index in [1.54, 1.807) is 0 Å². The van der Waals surface area contributed by atoms with Gasteiger partial charge in [0.25, 0.3) is 0 Å². The molecular weight excluding hydrogens is 394 g/mol. The van der Waals surface area contributed by atoms with E-state index in [4.69, 9.17) is 0 Å². The zero-order chi connectivity index (χ0) is 21.7. The first-order valence-corrected chi connectivity index (χ1v) is 12.6. The van der Waals surface area contributed by atoms with Crippen LogP contribution in [0.4, 0.5) is 5.69 Å². The molecule has 0 aromatic carbocycles. The summed E-state index contributed by atoms with van der Waals surface area (Å²) in [5, 5.41) is 9.92. The summed E-state index contributed by atoms with van der Waals surface area (Å²) in [7, 11) is 0. The predicted octanol–water partition coefficient (Wildman–Crippen LogP) is 7.00. The van der Waals surface area contributed by atoms with Crippen LogP contribution in [0.25, 0.3) is 5.57 Å². The van der Waals surface area contributed by atoms with Crippen LogP contribution in [0.2, 0.25) is 0 Å². The van der Waals surface area contributed by atoms with Crippen molar-refractivity contribution in [1.82, 2.24) is 0 Å². The average Bonchev–Trinajstić information content (AvgIpc) is 3.17. The molecule has 4 nitrogen and oxygen atoms in total. The molecule has 1 heterocycles. The van der Waals surface area contributed by atoms with Crippen molar-refractivity contribution >= 4 is 34.5 Å². The maximum absolute atomic E-state index is 13.6. The van der Waals surface area contributed by atoms with Gasteiger partial charge in [0.05, 0.1) is 5.69 Å². The molecule has 1 saturated carbocycles. The molecule has 0 saturated heterocycles. The Labute approximate surface area is 185 Å². The Morgan fingerprint density at radius 3 is 2.53 bits per heavy atom. The number of allylic oxidation sites excluding steroid dienone is 2. The monoisotopic (exact) mass is 431 g/mol. The molecule has 5 heteroatoms. The van der Waals surface area contributed by atoms with Gasteiger partial charge in [-0.25, -0.2) is 4.79 Å². The molecule has 0 unspecified atom stereocenters. The Kier molecular flexibility index (Phi) is 8.15. The Hall–Kier alpha value is -1.62. The van der Waals surface area contributed by atoms with Gasteiger partial charge in [-0.1, -0.05) is 26.8 Å². The van der Waals surface area contributed by atoms with E-state index < -0.39 is 5.97 Å². The number of amides is 1. The maximum Gasteiger partial charge on any atom is 0.348 e. The highest BCUT2D eigenvalue weighted by molar-refractivity contribution is 7.15. The molecule has 30 heavy (non-hydrogen) atoms. The number of hydrogen-bond acceptors (Lipinski definition) is 3. The molecule has 1 aromatic rings. The van der Waals surface area contributed by atoms with Gasteiger partial charge < -0.3 is 10.0 Å². The lowest BCUT2D eigenvalue weighted by Crippen LogP contribution is -2.39. The summed E-state index contributed by atoms with van der Waals surface area (Å²) in [6, 6.07) is 1.99. The molecule has 3 rings (SSSR count). The van der Waals surface area contributed by atoms with Gasteiger partial charge in [-0.05, 0) is 87.7 Å². The van der Waals surface area contributed by atoms with Crippen molar-refractivity contribution in [1.29, 1.82) is 0 Å². The number of thiophene rings is 1. The van der Waals surface area contributed by atoms with Crippen molar-refractivity contribution in [3.05, 3.63) is 21.9 Å². The Bertz CT molecular complexity index is 771. The number of hydrogen-bond donors (Lipinski definition) is 1. The summed E-state index contributed by atoms with van der Waals surface area (Å²) in [5.41, 5.74) is 1.88. The van der Waals surface area contributed by atoms with E-state index >= 15 is 0 Å². The third-order valence-corrected chi connectivity index (χ3v) is 7.79. The average molecular weight is 432 g/mol. The minimum absolute atomic E-state index is 0.0270. The fraction of sp³-hybridized carbons (Fsp3) is 0.680. The highest BCUT2D eigenvalue weighted by Crippen LogP contribution is 2.39. The zero-order valence-corrected chi connectivity index (χ0v) is 19.6. The number of carboxylic acids is 1. The molecule has 1 amide bonds. The molecule has 0 aliphatic heterocycles. The van der Waals surface area contributed by atoms with Gasteiger partial charge in [-0.3, -0.25) is 4.79 Å². The molecular formula is C25H37NO3S. The number of rotatable bonds is 8. The SMILES string of the molecule is CC(C)CCCN(C(=O)C1CCC(C)CC1)c1cc(C2=CCCCC2)sc1C(=O)O. The lowest BCUT2D eigenvalue weighted by atomic mass is 9.82. The van der Waals surface area contributed by atoms with E-state index in [1.165, 1.54) is 23.3 Å². The number of carbonyl (C=O) groups excluding carboxylic acids is 1. The van der Waals surface area contributed by atoms with Crippen molar-refractivity contribution in [2.24, 2.45) is 17.8 Å². The summed E-state index contributed by atoms with van der Waals surface area (Å²) < 4.78 is 0. The largest absolute Gasteiger partial charge is 0.477 e. The van der Waals surface area contributed by atoms with Crippen molar-refractivity contribution in [3.63, 3.8) is 0 Å². The van der Waals surface area contributed by atoms with Crippen LogP contribution >= 0.6 is 11.3 Å². The van der Waals surface area contributed by atoms with E-state index in [-0.39, 0.29) is 11.8 Å². The third-order valence-electron chi connectivity index (χ3n) is 6.60. The Morgan fingerprint density at radius 2 is 1.93 bits per heavy atom. The van der Waals surface area contributed by atoms with Crippen molar-refractivity contribution < 1.29 is 14.7 Å². The Balaban J connectivity index is 1.90. The summed E-state index contributed by atoms with van der Waals surface area (Å²) in [5.74, 6) is 0.497. The van der Waals surface area contributed by atoms with E-state index in [0.29, 0.717) is 28.9 Å². The summed E-state index contributed by atoms with van der Waals surface area (Å²) in [4.78, 5) is 28.8. The van der Waals surface area contributed by atoms with Gasteiger partial charge in [-0.2, -0.15) is 0 Å². The van der Waals surface area contributed by atoms with E-state index in [2.05, 4.69) is 26.8 Å². The Morgan fingerprint density at radius 1 is 1.20 bits per heavy atom.